The molecule has 4 aromatic rings. The van der Waals surface area contributed by atoms with Crippen LogP contribution in [0.2, 0.25) is 19.6 Å². The number of aryl methyl sites for hydroxylation is 3. The molecule has 2 nitrogen and oxygen atoms in total. The monoisotopic (exact) mass is 446 g/mol. The molecule has 0 amide bonds. The lowest BCUT2D eigenvalue weighted by Gasteiger charge is -2.25. The van der Waals surface area contributed by atoms with E-state index in [1.807, 2.05) is 11.3 Å². The summed E-state index contributed by atoms with van der Waals surface area (Å²) in [5.74, 6) is 2.83. The number of ether oxygens (including phenoxy) is 1. The number of nitrogens with zero attached hydrogens (tertiary/aromatic N) is 1. The summed E-state index contributed by atoms with van der Waals surface area (Å²) in [7, 11) is 0.633. The highest BCUT2D eigenvalue weighted by Gasteiger charge is 2.37. The number of hydrogen-bond acceptors (Lipinski definition) is 2. The molecule has 160 valence electrons. The van der Waals surface area contributed by atoms with E-state index >= 15 is 0 Å². The van der Waals surface area contributed by atoms with Gasteiger partial charge in [-0.1, -0.05) is 51.7 Å². The summed E-state index contributed by atoms with van der Waals surface area (Å²) >= 11 is 1.94. The molecule has 0 saturated carbocycles. The van der Waals surface area contributed by atoms with Crippen molar-refractivity contribution < 1.29 is 9.30 Å². The van der Waals surface area contributed by atoms with Crippen molar-refractivity contribution in [3.05, 3.63) is 47.2 Å². The molecule has 0 N–H and O–H groups in total. The Labute approximate surface area is 190 Å². The molecule has 5 rings (SSSR count). The molecule has 0 saturated heterocycles. The van der Waals surface area contributed by atoms with Gasteiger partial charge in [-0.25, -0.2) is 4.57 Å². The third-order valence-corrected chi connectivity index (χ3v) is 11.2. The van der Waals surface area contributed by atoms with Crippen molar-refractivity contribution in [3.63, 3.8) is 0 Å². The van der Waals surface area contributed by atoms with Crippen LogP contribution >= 0.6 is 11.3 Å². The molecule has 0 spiro atoms. The largest absolute Gasteiger partial charge is 0.454 e. The number of thiophene rings is 1. The predicted octanol–water partition coefficient (Wildman–Crippen LogP) is 7.01. The van der Waals surface area contributed by atoms with Crippen LogP contribution in [0.3, 0.4) is 0 Å². The first-order valence-electron chi connectivity index (χ1n) is 11.3. The normalized spacial score (nSPS) is 13.2. The first kappa shape index (κ1) is 20.7. The van der Waals surface area contributed by atoms with Crippen molar-refractivity contribution in [2.45, 2.75) is 53.8 Å². The SMILES string of the molecule is Cc1c2c(c(C)c3ccc(CC(C)C)cc13)-c1c3c(c([Si](C)(C)C)sc3cc[n+]1C)O2. The van der Waals surface area contributed by atoms with Crippen molar-refractivity contribution in [3.8, 4) is 22.8 Å². The number of benzene rings is 2. The molecule has 3 heterocycles. The zero-order valence-electron chi connectivity index (χ0n) is 19.9. The van der Waals surface area contributed by atoms with E-state index in [9.17, 15) is 0 Å². The maximum absolute atomic E-state index is 6.87. The van der Waals surface area contributed by atoms with Crippen LogP contribution in [0.15, 0.2) is 30.5 Å². The predicted molar refractivity (Wildman–Crippen MR) is 137 cm³/mol. The number of pyridine rings is 1. The second-order valence-electron chi connectivity index (χ2n) is 10.6. The minimum atomic E-state index is -1.54. The van der Waals surface area contributed by atoms with E-state index in [2.05, 4.69) is 89.4 Å². The summed E-state index contributed by atoms with van der Waals surface area (Å²) in [6.07, 6.45) is 3.32. The number of aromatic nitrogens is 1. The van der Waals surface area contributed by atoms with Gasteiger partial charge in [-0.3, -0.25) is 0 Å². The molecule has 0 fully saturated rings. The van der Waals surface area contributed by atoms with Gasteiger partial charge in [0, 0.05) is 16.1 Å². The second-order valence-corrected chi connectivity index (χ2v) is 17.0. The summed E-state index contributed by atoms with van der Waals surface area (Å²) in [4.78, 5) is 0. The Morgan fingerprint density at radius 2 is 1.74 bits per heavy atom. The van der Waals surface area contributed by atoms with Gasteiger partial charge in [-0.05, 0) is 48.1 Å². The third-order valence-electron chi connectivity index (χ3n) is 6.53. The molecule has 1 aliphatic rings. The number of hydrogen-bond donors (Lipinski definition) is 0. The van der Waals surface area contributed by atoms with Crippen LogP contribution in [-0.4, -0.2) is 8.07 Å². The number of fused-ring (bicyclic) bond motifs is 3. The Hall–Kier alpha value is -2.17. The summed E-state index contributed by atoms with van der Waals surface area (Å²) in [6.45, 7) is 16.3. The van der Waals surface area contributed by atoms with Crippen LogP contribution < -0.4 is 13.8 Å². The topological polar surface area (TPSA) is 13.1 Å². The first-order chi connectivity index (χ1) is 14.6. The van der Waals surface area contributed by atoms with E-state index in [0.717, 1.165) is 17.9 Å². The molecule has 0 unspecified atom stereocenters. The van der Waals surface area contributed by atoms with Gasteiger partial charge >= 0.3 is 0 Å². The first-order valence-corrected chi connectivity index (χ1v) is 15.6. The number of rotatable bonds is 3. The van der Waals surface area contributed by atoms with E-state index in [4.69, 9.17) is 4.74 Å². The fraction of sp³-hybridized carbons (Fsp3) is 0.370. The maximum Gasteiger partial charge on any atom is 0.228 e. The summed E-state index contributed by atoms with van der Waals surface area (Å²) in [5, 5.41) is 3.98. The van der Waals surface area contributed by atoms with Gasteiger partial charge in [-0.15, -0.1) is 11.3 Å². The van der Waals surface area contributed by atoms with Crippen LogP contribution in [-0.2, 0) is 13.5 Å². The van der Waals surface area contributed by atoms with E-state index in [0.29, 0.717) is 5.92 Å². The highest BCUT2D eigenvalue weighted by molar-refractivity contribution is 7.32. The van der Waals surface area contributed by atoms with Crippen molar-refractivity contribution in [1.82, 2.24) is 0 Å². The standard InChI is InChI=1S/C27H32NOSSi/c1-15(2)13-18-9-10-19-16(3)22-24-23-21(11-12-28(24)5)30-27(31(6,7)8)26(23)29-25(22)17(4)20(19)14-18/h9-12,14-15H,13H2,1-8H3/q+1. The lowest BCUT2D eigenvalue weighted by molar-refractivity contribution is -0.659. The smallest absolute Gasteiger partial charge is 0.228 e. The Balaban J connectivity index is 1.88. The van der Waals surface area contributed by atoms with Crippen molar-refractivity contribution >= 4 is 44.8 Å². The van der Waals surface area contributed by atoms with Crippen LogP contribution in [0.1, 0.15) is 30.5 Å². The van der Waals surface area contributed by atoms with Crippen molar-refractivity contribution in [2.75, 3.05) is 0 Å². The molecular weight excluding hydrogens is 414 g/mol. The van der Waals surface area contributed by atoms with Crippen molar-refractivity contribution in [2.24, 2.45) is 13.0 Å². The zero-order chi connectivity index (χ0) is 22.2. The minimum Gasteiger partial charge on any atom is -0.454 e. The zero-order valence-corrected chi connectivity index (χ0v) is 21.8. The van der Waals surface area contributed by atoms with Crippen LogP contribution in [0, 0.1) is 19.8 Å². The Kier molecular flexibility index (Phi) is 4.62. The van der Waals surface area contributed by atoms with Crippen LogP contribution in [0.4, 0.5) is 0 Å². The highest BCUT2D eigenvalue weighted by Crippen LogP contribution is 2.51. The van der Waals surface area contributed by atoms with Crippen molar-refractivity contribution in [1.29, 1.82) is 0 Å². The Bertz CT molecular complexity index is 1370. The molecule has 0 bridgehead atoms. The second kappa shape index (κ2) is 6.91. The van der Waals surface area contributed by atoms with E-state index < -0.39 is 8.07 Å². The minimum absolute atomic E-state index is 0.650. The molecule has 0 atom stereocenters. The maximum atomic E-state index is 6.87. The van der Waals surface area contributed by atoms with Gasteiger partial charge in [0.2, 0.25) is 5.69 Å². The Morgan fingerprint density at radius 3 is 2.42 bits per heavy atom. The molecular formula is C27H32NOSSi+. The summed E-state index contributed by atoms with van der Waals surface area (Å²) in [6, 6.07) is 9.29. The molecule has 4 heteroatoms. The average molecular weight is 447 g/mol. The third kappa shape index (κ3) is 3.06. The quantitative estimate of drug-likeness (QED) is 0.214. The van der Waals surface area contributed by atoms with Crippen LogP contribution in [0.5, 0.6) is 11.5 Å². The van der Waals surface area contributed by atoms with Gasteiger partial charge in [0.05, 0.1) is 18.3 Å². The molecule has 0 aliphatic carbocycles. The fourth-order valence-corrected chi connectivity index (χ4v) is 8.34. The lowest BCUT2D eigenvalue weighted by Crippen LogP contribution is -2.36. The lowest BCUT2D eigenvalue weighted by atomic mass is 9.89. The van der Waals surface area contributed by atoms with E-state index in [1.54, 1.807) is 0 Å². The van der Waals surface area contributed by atoms with Gasteiger partial charge in [0.25, 0.3) is 0 Å². The van der Waals surface area contributed by atoms with Gasteiger partial charge < -0.3 is 4.74 Å². The van der Waals surface area contributed by atoms with Gasteiger partial charge in [-0.2, -0.15) is 0 Å². The Morgan fingerprint density at radius 1 is 1.00 bits per heavy atom. The molecule has 2 aromatic heterocycles. The molecule has 1 aliphatic heterocycles. The summed E-state index contributed by atoms with van der Waals surface area (Å²) in [5.41, 5.74) is 6.57. The molecule has 2 aromatic carbocycles. The average Bonchev–Trinajstić information content (AvgIpc) is 3.07. The van der Waals surface area contributed by atoms with Gasteiger partial charge in [0.1, 0.15) is 18.2 Å². The summed E-state index contributed by atoms with van der Waals surface area (Å²) < 4.78 is 12.0. The van der Waals surface area contributed by atoms with E-state index in [-0.39, 0.29) is 0 Å². The highest BCUT2D eigenvalue weighted by atomic mass is 32.1. The molecule has 31 heavy (non-hydrogen) atoms. The van der Waals surface area contributed by atoms with E-state index in [1.165, 1.54) is 53.3 Å². The fourth-order valence-electron chi connectivity index (χ4n) is 5.05. The van der Waals surface area contributed by atoms with Gasteiger partial charge in [0.15, 0.2) is 11.9 Å². The molecule has 0 radical (unpaired) electrons. The van der Waals surface area contributed by atoms with Crippen LogP contribution in [0.25, 0.3) is 32.1 Å².